The first-order valence-electron chi connectivity index (χ1n) is 9.26. The number of thioether (sulfide) groups is 1. The number of anilines is 1. The molecule has 0 bridgehead atoms. The van der Waals surface area contributed by atoms with Crippen molar-refractivity contribution in [1.82, 2.24) is 4.90 Å². The van der Waals surface area contributed by atoms with Crippen LogP contribution in [0.1, 0.15) is 20.3 Å². The fourth-order valence-electron chi connectivity index (χ4n) is 2.80. The highest BCUT2D eigenvalue weighted by atomic mass is 32.2. The number of hydrogen-bond acceptors (Lipinski definition) is 5. The van der Waals surface area contributed by atoms with E-state index in [4.69, 9.17) is 4.74 Å². The summed E-state index contributed by atoms with van der Waals surface area (Å²) in [4.78, 5) is 30.8. The van der Waals surface area contributed by atoms with Crippen molar-refractivity contribution < 1.29 is 14.3 Å². The minimum Gasteiger partial charge on any atom is -0.457 e. The van der Waals surface area contributed by atoms with Gasteiger partial charge in [0.2, 0.25) is 11.8 Å². The molecule has 0 radical (unpaired) electrons. The van der Waals surface area contributed by atoms with E-state index in [2.05, 4.69) is 10.3 Å². The number of ether oxygens (including phenoxy) is 1. The SMILES string of the molecule is CCN=C1SC(CC(=O)Nc2ccc(Oc3ccccc3)cc2)C(=O)N1CC. The van der Waals surface area contributed by atoms with Crippen molar-refractivity contribution in [2.75, 3.05) is 18.4 Å². The number of aliphatic imine (C=N–C) groups is 1. The average Bonchev–Trinajstić information content (AvgIpc) is 2.98. The number of hydrogen-bond donors (Lipinski definition) is 1. The number of carbonyl (C=O) groups excluding carboxylic acids is 2. The number of para-hydroxylation sites is 1. The summed E-state index contributed by atoms with van der Waals surface area (Å²) in [7, 11) is 0. The first-order chi connectivity index (χ1) is 13.6. The number of amides is 2. The Balaban J connectivity index is 1.56. The van der Waals surface area contributed by atoms with Gasteiger partial charge in [0, 0.05) is 25.2 Å². The van der Waals surface area contributed by atoms with Crippen LogP contribution < -0.4 is 10.1 Å². The molecule has 2 aromatic rings. The summed E-state index contributed by atoms with van der Waals surface area (Å²) in [5, 5.41) is 3.12. The topological polar surface area (TPSA) is 71.0 Å². The van der Waals surface area contributed by atoms with Crippen LogP contribution >= 0.6 is 11.8 Å². The Bertz CT molecular complexity index is 853. The lowest BCUT2D eigenvalue weighted by Gasteiger charge is -2.13. The molecule has 6 nitrogen and oxygen atoms in total. The molecule has 2 aromatic carbocycles. The largest absolute Gasteiger partial charge is 0.457 e. The fraction of sp³-hybridized carbons (Fsp3) is 0.286. The molecule has 1 aliphatic rings. The van der Waals surface area contributed by atoms with Gasteiger partial charge in [-0.25, -0.2) is 0 Å². The molecule has 0 spiro atoms. The Morgan fingerprint density at radius 2 is 1.79 bits per heavy atom. The van der Waals surface area contributed by atoms with E-state index < -0.39 is 5.25 Å². The maximum absolute atomic E-state index is 12.5. The van der Waals surface area contributed by atoms with Gasteiger partial charge in [-0.3, -0.25) is 19.5 Å². The highest BCUT2D eigenvalue weighted by molar-refractivity contribution is 8.15. The van der Waals surface area contributed by atoms with Crippen LogP contribution in [0.4, 0.5) is 5.69 Å². The Labute approximate surface area is 169 Å². The Hall–Kier alpha value is -2.80. The smallest absolute Gasteiger partial charge is 0.242 e. The van der Waals surface area contributed by atoms with Crippen LogP contribution in [0.25, 0.3) is 0 Å². The molecule has 1 N–H and O–H groups in total. The molecular weight excluding hydrogens is 374 g/mol. The predicted molar refractivity (Wildman–Crippen MR) is 113 cm³/mol. The maximum atomic E-state index is 12.5. The van der Waals surface area contributed by atoms with Crippen LogP contribution in [-0.2, 0) is 9.59 Å². The third-order valence-corrected chi connectivity index (χ3v) is 5.33. The summed E-state index contributed by atoms with van der Waals surface area (Å²) in [6.07, 6.45) is 0.116. The van der Waals surface area contributed by atoms with E-state index >= 15 is 0 Å². The van der Waals surface area contributed by atoms with Crippen molar-refractivity contribution in [3.05, 3.63) is 54.6 Å². The summed E-state index contributed by atoms with van der Waals surface area (Å²) in [6, 6.07) is 16.6. The van der Waals surface area contributed by atoms with E-state index in [1.54, 1.807) is 29.2 Å². The van der Waals surface area contributed by atoms with Crippen LogP contribution in [-0.4, -0.2) is 40.2 Å². The molecule has 2 amide bonds. The summed E-state index contributed by atoms with van der Waals surface area (Å²) in [5.74, 6) is 1.18. The van der Waals surface area contributed by atoms with Gasteiger partial charge in [0.05, 0.1) is 0 Å². The number of amidine groups is 1. The van der Waals surface area contributed by atoms with Gasteiger partial charge < -0.3 is 10.1 Å². The first kappa shape index (κ1) is 19.9. The van der Waals surface area contributed by atoms with Crippen molar-refractivity contribution in [2.24, 2.45) is 4.99 Å². The zero-order valence-corrected chi connectivity index (χ0v) is 16.7. The van der Waals surface area contributed by atoms with Crippen LogP contribution in [0.3, 0.4) is 0 Å². The molecule has 1 heterocycles. The van der Waals surface area contributed by atoms with Crippen LogP contribution in [0.15, 0.2) is 59.6 Å². The van der Waals surface area contributed by atoms with E-state index in [-0.39, 0.29) is 18.2 Å². The van der Waals surface area contributed by atoms with E-state index in [1.165, 1.54) is 11.8 Å². The van der Waals surface area contributed by atoms with Gasteiger partial charge in [-0.1, -0.05) is 30.0 Å². The summed E-state index contributed by atoms with van der Waals surface area (Å²) in [6.45, 7) is 5.01. The molecule has 1 fully saturated rings. The molecule has 28 heavy (non-hydrogen) atoms. The standard InChI is InChI=1S/C21H23N3O3S/c1-3-22-21-24(4-2)20(26)18(28-21)14-19(25)23-15-10-12-17(13-11-15)27-16-8-6-5-7-9-16/h5-13,18H,3-4,14H2,1-2H3,(H,23,25). The van der Waals surface area contributed by atoms with Crippen molar-refractivity contribution in [1.29, 1.82) is 0 Å². The van der Waals surface area contributed by atoms with Gasteiger partial charge >= 0.3 is 0 Å². The highest BCUT2D eigenvalue weighted by Crippen LogP contribution is 2.30. The molecular formula is C21H23N3O3S. The van der Waals surface area contributed by atoms with Crippen molar-refractivity contribution in [3.63, 3.8) is 0 Å². The highest BCUT2D eigenvalue weighted by Gasteiger charge is 2.38. The van der Waals surface area contributed by atoms with E-state index in [1.807, 2.05) is 44.2 Å². The number of nitrogens with zero attached hydrogens (tertiary/aromatic N) is 2. The van der Waals surface area contributed by atoms with Crippen molar-refractivity contribution >= 4 is 34.4 Å². The minimum atomic E-state index is -0.425. The van der Waals surface area contributed by atoms with Gasteiger partial charge in [-0.2, -0.15) is 0 Å². The average molecular weight is 398 g/mol. The second kappa shape index (κ2) is 9.41. The van der Waals surface area contributed by atoms with E-state index in [0.717, 1.165) is 5.75 Å². The Morgan fingerprint density at radius 1 is 1.11 bits per heavy atom. The lowest BCUT2D eigenvalue weighted by atomic mass is 10.2. The Kier molecular flexibility index (Phi) is 6.71. The molecule has 0 saturated carbocycles. The minimum absolute atomic E-state index is 0.0542. The quantitative estimate of drug-likeness (QED) is 0.762. The molecule has 0 aromatic heterocycles. The van der Waals surface area contributed by atoms with Gasteiger partial charge in [-0.15, -0.1) is 0 Å². The summed E-state index contributed by atoms with van der Waals surface area (Å²) in [5.41, 5.74) is 0.663. The zero-order chi connectivity index (χ0) is 19.9. The normalized spacial score (nSPS) is 17.8. The maximum Gasteiger partial charge on any atom is 0.242 e. The van der Waals surface area contributed by atoms with Gasteiger partial charge in [0.15, 0.2) is 5.17 Å². The predicted octanol–water partition coefficient (Wildman–Crippen LogP) is 4.15. The van der Waals surface area contributed by atoms with Crippen LogP contribution in [0.5, 0.6) is 11.5 Å². The number of nitrogens with one attached hydrogen (secondary N) is 1. The van der Waals surface area contributed by atoms with Gasteiger partial charge in [0.1, 0.15) is 16.7 Å². The van der Waals surface area contributed by atoms with Gasteiger partial charge in [-0.05, 0) is 50.2 Å². The number of rotatable bonds is 7. The molecule has 1 aliphatic heterocycles. The summed E-state index contributed by atoms with van der Waals surface area (Å²) >= 11 is 1.36. The van der Waals surface area contributed by atoms with E-state index in [9.17, 15) is 9.59 Å². The second-order valence-electron chi connectivity index (χ2n) is 6.14. The number of carbonyl (C=O) groups is 2. The lowest BCUT2D eigenvalue weighted by Crippen LogP contribution is -2.33. The van der Waals surface area contributed by atoms with Crippen molar-refractivity contribution in [3.8, 4) is 11.5 Å². The third-order valence-electron chi connectivity index (χ3n) is 4.12. The molecule has 0 aliphatic carbocycles. The molecule has 1 unspecified atom stereocenters. The zero-order valence-electron chi connectivity index (χ0n) is 15.9. The molecule has 1 atom stereocenters. The second-order valence-corrected chi connectivity index (χ2v) is 7.31. The Morgan fingerprint density at radius 3 is 2.43 bits per heavy atom. The molecule has 3 rings (SSSR count). The molecule has 1 saturated heterocycles. The van der Waals surface area contributed by atoms with Gasteiger partial charge in [0.25, 0.3) is 0 Å². The third kappa shape index (κ3) is 4.92. The first-order valence-corrected chi connectivity index (χ1v) is 10.1. The molecule has 7 heteroatoms. The van der Waals surface area contributed by atoms with Crippen LogP contribution in [0.2, 0.25) is 0 Å². The lowest BCUT2D eigenvalue weighted by molar-refractivity contribution is -0.128. The monoisotopic (exact) mass is 397 g/mol. The van der Waals surface area contributed by atoms with E-state index in [0.29, 0.717) is 29.7 Å². The fourth-order valence-corrected chi connectivity index (χ4v) is 4.07. The van der Waals surface area contributed by atoms with Crippen molar-refractivity contribution in [2.45, 2.75) is 25.5 Å². The number of benzene rings is 2. The van der Waals surface area contributed by atoms with Crippen LogP contribution in [0, 0.1) is 0 Å². The molecule has 146 valence electrons. The summed E-state index contributed by atoms with van der Waals surface area (Å²) < 4.78 is 5.74.